The molecule has 0 radical (unpaired) electrons. The molecular weight excluding hydrogens is 260 g/mol. The lowest BCUT2D eigenvalue weighted by molar-refractivity contribution is 0.540. The van der Waals surface area contributed by atoms with Crippen LogP contribution in [0.25, 0.3) is 10.1 Å². The Labute approximate surface area is 114 Å². The first kappa shape index (κ1) is 12.2. The number of benzene rings is 1. The summed E-state index contributed by atoms with van der Waals surface area (Å²) in [5.74, 6) is 6.36. The largest absolute Gasteiger partial charge is 0.271 e. The number of nitrogens with one attached hydrogen (secondary N) is 1. The Bertz CT molecular complexity index is 688. The van der Waals surface area contributed by atoms with E-state index in [0.717, 1.165) is 0 Å². The summed E-state index contributed by atoms with van der Waals surface area (Å²) in [5.41, 5.74) is 4.02. The molecular formula is C12H14N6S. The predicted octanol–water partition coefficient (Wildman–Crippen LogP) is 1.17. The second-order valence-corrected chi connectivity index (χ2v) is 5.22. The zero-order valence-electron chi connectivity index (χ0n) is 10.4. The number of aryl methyl sites for hydroxylation is 1. The van der Waals surface area contributed by atoms with Crippen LogP contribution in [-0.4, -0.2) is 20.2 Å². The highest BCUT2D eigenvalue weighted by Crippen LogP contribution is 2.30. The second-order valence-electron chi connectivity index (χ2n) is 4.31. The van der Waals surface area contributed by atoms with Crippen molar-refractivity contribution in [1.82, 2.24) is 25.6 Å². The summed E-state index contributed by atoms with van der Waals surface area (Å²) in [7, 11) is 1.75. The lowest BCUT2D eigenvalue weighted by Crippen LogP contribution is -2.29. The van der Waals surface area contributed by atoms with Crippen molar-refractivity contribution in [3.05, 3.63) is 41.0 Å². The van der Waals surface area contributed by atoms with Gasteiger partial charge in [-0.05, 0) is 27.6 Å². The minimum atomic E-state index is -0.0136. The molecule has 0 aliphatic heterocycles. The zero-order chi connectivity index (χ0) is 13.2. The number of hydrogen-bond donors (Lipinski definition) is 2. The van der Waals surface area contributed by atoms with Crippen molar-refractivity contribution in [3.8, 4) is 0 Å². The van der Waals surface area contributed by atoms with Crippen molar-refractivity contribution in [2.24, 2.45) is 12.9 Å². The molecule has 0 aliphatic rings. The number of tetrazole rings is 1. The third-order valence-electron chi connectivity index (χ3n) is 3.02. The van der Waals surface area contributed by atoms with Crippen LogP contribution >= 0.6 is 11.3 Å². The molecule has 0 saturated carbocycles. The maximum Gasteiger partial charge on any atom is 0.176 e. The van der Waals surface area contributed by atoms with Crippen LogP contribution in [0.3, 0.4) is 0 Å². The van der Waals surface area contributed by atoms with Gasteiger partial charge < -0.3 is 0 Å². The molecule has 3 aromatic rings. The minimum absolute atomic E-state index is 0.0136. The summed E-state index contributed by atoms with van der Waals surface area (Å²) in [6, 6.07) is 8.28. The van der Waals surface area contributed by atoms with Crippen molar-refractivity contribution in [3.63, 3.8) is 0 Å². The Morgan fingerprint density at radius 1 is 1.42 bits per heavy atom. The van der Waals surface area contributed by atoms with Crippen molar-refractivity contribution < 1.29 is 0 Å². The van der Waals surface area contributed by atoms with E-state index in [1.54, 1.807) is 18.4 Å². The molecule has 1 atom stereocenters. The van der Waals surface area contributed by atoms with Gasteiger partial charge in [0.25, 0.3) is 0 Å². The molecule has 6 nitrogen and oxygen atoms in total. The number of nitrogens with zero attached hydrogens (tertiary/aromatic N) is 4. The molecule has 0 aliphatic carbocycles. The highest BCUT2D eigenvalue weighted by atomic mass is 32.1. The van der Waals surface area contributed by atoms with Gasteiger partial charge in [0, 0.05) is 11.1 Å². The maximum absolute atomic E-state index is 5.68. The van der Waals surface area contributed by atoms with E-state index in [1.807, 2.05) is 12.1 Å². The number of aromatic nitrogens is 4. The summed E-state index contributed by atoms with van der Waals surface area (Å²) in [6.07, 6.45) is 0.616. The van der Waals surface area contributed by atoms with Gasteiger partial charge in [-0.15, -0.1) is 21.5 Å². The van der Waals surface area contributed by atoms with Gasteiger partial charge in [-0.2, -0.15) is 4.80 Å². The van der Waals surface area contributed by atoms with Gasteiger partial charge in [0.1, 0.15) is 0 Å². The van der Waals surface area contributed by atoms with Gasteiger partial charge in [0.2, 0.25) is 0 Å². The predicted molar refractivity (Wildman–Crippen MR) is 74.4 cm³/mol. The van der Waals surface area contributed by atoms with E-state index in [1.165, 1.54) is 20.4 Å². The molecule has 0 spiro atoms. The summed E-state index contributed by atoms with van der Waals surface area (Å²) >= 11 is 1.72. The summed E-state index contributed by atoms with van der Waals surface area (Å²) in [4.78, 5) is 1.45. The molecule has 0 saturated heterocycles. The van der Waals surface area contributed by atoms with Crippen LogP contribution in [0.4, 0.5) is 0 Å². The number of hydrazine groups is 1. The van der Waals surface area contributed by atoms with Crippen LogP contribution in [-0.2, 0) is 13.5 Å². The van der Waals surface area contributed by atoms with Crippen molar-refractivity contribution >= 4 is 21.4 Å². The summed E-state index contributed by atoms with van der Waals surface area (Å²) < 4.78 is 1.25. The molecule has 3 rings (SSSR count). The van der Waals surface area contributed by atoms with Crippen LogP contribution < -0.4 is 11.3 Å². The Hall–Kier alpha value is -1.83. The topological polar surface area (TPSA) is 81.7 Å². The molecule has 2 heterocycles. The van der Waals surface area contributed by atoms with E-state index < -0.39 is 0 Å². The molecule has 0 bridgehead atoms. The number of rotatable bonds is 4. The Kier molecular flexibility index (Phi) is 3.24. The van der Waals surface area contributed by atoms with E-state index in [9.17, 15) is 0 Å². The fraction of sp³-hybridized carbons (Fsp3) is 0.250. The van der Waals surface area contributed by atoms with Gasteiger partial charge >= 0.3 is 0 Å². The number of nitrogens with two attached hydrogens (primary N) is 1. The van der Waals surface area contributed by atoms with E-state index in [4.69, 9.17) is 5.84 Å². The molecule has 7 heteroatoms. The Morgan fingerprint density at radius 2 is 2.26 bits per heavy atom. The first-order valence-corrected chi connectivity index (χ1v) is 6.81. The Balaban J connectivity index is 1.93. The van der Waals surface area contributed by atoms with Crippen molar-refractivity contribution in [2.45, 2.75) is 12.5 Å². The molecule has 19 heavy (non-hydrogen) atoms. The summed E-state index contributed by atoms with van der Waals surface area (Å²) in [5, 5.41) is 15.4. The van der Waals surface area contributed by atoms with Crippen molar-refractivity contribution in [1.29, 1.82) is 0 Å². The fourth-order valence-electron chi connectivity index (χ4n) is 2.11. The molecule has 0 fully saturated rings. The average Bonchev–Trinajstić information content (AvgIpc) is 3.02. The molecule has 1 aromatic carbocycles. The third-order valence-corrected chi connectivity index (χ3v) is 4.01. The monoisotopic (exact) mass is 274 g/mol. The van der Waals surface area contributed by atoms with Crippen LogP contribution in [0, 0.1) is 0 Å². The molecule has 1 unspecified atom stereocenters. The quantitative estimate of drug-likeness (QED) is 0.551. The summed E-state index contributed by atoms with van der Waals surface area (Å²) in [6.45, 7) is 0. The third kappa shape index (κ3) is 2.35. The maximum atomic E-state index is 5.68. The van der Waals surface area contributed by atoms with Gasteiger partial charge in [0.05, 0.1) is 13.1 Å². The highest BCUT2D eigenvalue weighted by molar-refractivity contribution is 7.17. The number of fused-ring (bicyclic) bond motifs is 1. The van der Waals surface area contributed by atoms with Gasteiger partial charge in [0.15, 0.2) is 5.82 Å². The van der Waals surface area contributed by atoms with Crippen LogP contribution in [0.15, 0.2) is 29.6 Å². The molecule has 98 valence electrons. The second kappa shape index (κ2) is 5.04. The van der Waals surface area contributed by atoms with Crippen molar-refractivity contribution in [2.75, 3.05) is 0 Å². The number of thiophene rings is 1. The standard InChI is InChI=1S/C12H14N6S/c1-18-16-12(15-17-18)6-10(14-13)9-7-19-11-5-3-2-4-8(9)11/h2-5,7,10,14H,6,13H2,1H3. The normalized spacial score (nSPS) is 12.9. The fourth-order valence-corrected chi connectivity index (χ4v) is 3.13. The smallest absolute Gasteiger partial charge is 0.176 e. The molecule has 0 amide bonds. The van der Waals surface area contributed by atoms with E-state index in [0.29, 0.717) is 12.2 Å². The van der Waals surface area contributed by atoms with Gasteiger partial charge in [-0.3, -0.25) is 11.3 Å². The Morgan fingerprint density at radius 3 is 3.00 bits per heavy atom. The minimum Gasteiger partial charge on any atom is -0.271 e. The molecule has 3 N–H and O–H groups in total. The average molecular weight is 274 g/mol. The van der Waals surface area contributed by atoms with E-state index in [-0.39, 0.29) is 6.04 Å². The van der Waals surface area contributed by atoms with E-state index >= 15 is 0 Å². The van der Waals surface area contributed by atoms with Crippen LogP contribution in [0.1, 0.15) is 17.4 Å². The van der Waals surface area contributed by atoms with Gasteiger partial charge in [-0.1, -0.05) is 18.2 Å². The SMILES string of the molecule is Cn1nnc(CC(NN)c2csc3ccccc23)n1. The molecule has 2 aromatic heterocycles. The van der Waals surface area contributed by atoms with E-state index in [2.05, 4.69) is 38.3 Å². The lowest BCUT2D eigenvalue weighted by Gasteiger charge is -2.13. The number of hydrogen-bond acceptors (Lipinski definition) is 6. The van der Waals surface area contributed by atoms with Crippen LogP contribution in [0.2, 0.25) is 0 Å². The first-order chi connectivity index (χ1) is 9.28. The van der Waals surface area contributed by atoms with Crippen LogP contribution in [0.5, 0.6) is 0 Å². The van der Waals surface area contributed by atoms with Gasteiger partial charge in [-0.25, -0.2) is 0 Å². The first-order valence-electron chi connectivity index (χ1n) is 5.93. The highest BCUT2D eigenvalue weighted by Gasteiger charge is 2.17. The zero-order valence-corrected chi connectivity index (χ0v) is 11.3. The lowest BCUT2D eigenvalue weighted by atomic mass is 10.0.